The maximum atomic E-state index is 5.88. The molecule has 0 bridgehead atoms. The highest BCUT2D eigenvalue weighted by Crippen LogP contribution is 2.51. The van der Waals surface area contributed by atoms with Crippen molar-refractivity contribution < 1.29 is 4.74 Å². The van der Waals surface area contributed by atoms with Gasteiger partial charge >= 0.3 is 0 Å². The second-order valence-corrected chi connectivity index (χ2v) is 7.98. The first-order valence-corrected chi connectivity index (χ1v) is 9.93. The number of hydrogen-bond acceptors (Lipinski definition) is 3. The van der Waals surface area contributed by atoms with E-state index in [-0.39, 0.29) is 0 Å². The van der Waals surface area contributed by atoms with E-state index in [0.717, 1.165) is 24.5 Å². The van der Waals surface area contributed by atoms with E-state index in [1.165, 1.54) is 21.2 Å². The summed E-state index contributed by atoms with van der Waals surface area (Å²) in [5, 5.41) is 0. The molecule has 0 unspecified atom stereocenters. The molecule has 0 saturated carbocycles. The van der Waals surface area contributed by atoms with Crippen LogP contribution in [0.2, 0.25) is 0 Å². The standard InChI is InChI=1S/C23H23NOS/c1-17(2)15-16-25-19-13-11-18(12-14-19)24-20-7-3-5-9-22(20)26-23-10-6-4-8-21(23)24/h3-14,17H,15-16H2,1-2H3. The van der Waals surface area contributed by atoms with Gasteiger partial charge in [0.25, 0.3) is 0 Å². The van der Waals surface area contributed by atoms with Gasteiger partial charge in [0, 0.05) is 15.5 Å². The van der Waals surface area contributed by atoms with Gasteiger partial charge in [0.1, 0.15) is 5.75 Å². The molecule has 3 aromatic rings. The van der Waals surface area contributed by atoms with Gasteiger partial charge in [0.2, 0.25) is 0 Å². The van der Waals surface area contributed by atoms with Crippen LogP contribution < -0.4 is 9.64 Å². The third kappa shape index (κ3) is 3.45. The third-order valence-corrected chi connectivity index (χ3v) is 5.62. The van der Waals surface area contributed by atoms with E-state index in [1.807, 2.05) is 11.8 Å². The monoisotopic (exact) mass is 361 g/mol. The number of benzene rings is 3. The lowest BCUT2D eigenvalue weighted by Gasteiger charge is -2.32. The predicted octanol–water partition coefficient (Wildman–Crippen LogP) is 7.05. The minimum Gasteiger partial charge on any atom is -0.494 e. The Kier molecular flexibility index (Phi) is 4.89. The lowest BCUT2D eigenvalue weighted by Crippen LogP contribution is -2.14. The highest BCUT2D eigenvalue weighted by Gasteiger charge is 2.23. The normalized spacial score (nSPS) is 12.7. The smallest absolute Gasteiger partial charge is 0.119 e. The topological polar surface area (TPSA) is 12.5 Å². The summed E-state index contributed by atoms with van der Waals surface area (Å²) in [6.07, 6.45) is 1.08. The summed E-state index contributed by atoms with van der Waals surface area (Å²) in [7, 11) is 0. The van der Waals surface area contributed by atoms with E-state index < -0.39 is 0 Å². The summed E-state index contributed by atoms with van der Waals surface area (Å²) in [4.78, 5) is 4.89. The van der Waals surface area contributed by atoms with Gasteiger partial charge < -0.3 is 9.64 Å². The van der Waals surface area contributed by atoms with Crippen LogP contribution in [0, 0.1) is 5.92 Å². The zero-order chi connectivity index (χ0) is 17.9. The van der Waals surface area contributed by atoms with Crippen LogP contribution in [0.5, 0.6) is 5.75 Å². The molecule has 132 valence electrons. The second kappa shape index (κ2) is 7.46. The molecule has 3 aromatic carbocycles. The van der Waals surface area contributed by atoms with Gasteiger partial charge in [0.15, 0.2) is 0 Å². The summed E-state index contributed by atoms with van der Waals surface area (Å²) in [5.41, 5.74) is 3.61. The molecule has 0 fully saturated rings. The highest BCUT2D eigenvalue weighted by atomic mass is 32.2. The number of nitrogens with zero attached hydrogens (tertiary/aromatic N) is 1. The molecule has 0 aromatic heterocycles. The molecule has 4 rings (SSSR count). The number of para-hydroxylation sites is 2. The molecule has 2 nitrogen and oxygen atoms in total. The Hall–Kier alpha value is -2.39. The number of hydrogen-bond donors (Lipinski definition) is 0. The lowest BCUT2D eigenvalue weighted by molar-refractivity contribution is 0.289. The average Bonchev–Trinajstić information content (AvgIpc) is 2.66. The quantitative estimate of drug-likeness (QED) is 0.378. The van der Waals surface area contributed by atoms with E-state index in [4.69, 9.17) is 4.74 Å². The first-order valence-electron chi connectivity index (χ1n) is 9.11. The van der Waals surface area contributed by atoms with Gasteiger partial charge in [-0.05, 0) is 60.9 Å². The summed E-state index contributed by atoms with van der Waals surface area (Å²) in [6.45, 7) is 5.20. The van der Waals surface area contributed by atoms with Crippen molar-refractivity contribution in [2.75, 3.05) is 11.5 Å². The fraction of sp³-hybridized carbons (Fsp3) is 0.217. The van der Waals surface area contributed by atoms with E-state index in [0.29, 0.717) is 5.92 Å². The maximum absolute atomic E-state index is 5.88. The minimum absolute atomic E-state index is 0.660. The molecule has 1 aliphatic rings. The summed E-state index contributed by atoms with van der Waals surface area (Å²) < 4.78 is 5.88. The summed E-state index contributed by atoms with van der Waals surface area (Å²) in [6, 6.07) is 25.6. The molecule has 1 heterocycles. The van der Waals surface area contributed by atoms with Crippen LogP contribution in [-0.4, -0.2) is 6.61 Å². The van der Waals surface area contributed by atoms with Crippen LogP contribution in [0.4, 0.5) is 17.1 Å². The van der Waals surface area contributed by atoms with Crippen LogP contribution in [-0.2, 0) is 0 Å². The van der Waals surface area contributed by atoms with E-state index in [1.54, 1.807) is 0 Å². The second-order valence-electron chi connectivity index (χ2n) is 6.90. The zero-order valence-electron chi connectivity index (χ0n) is 15.2. The molecule has 0 saturated heterocycles. The molecule has 0 radical (unpaired) electrons. The third-order valence-electron chi connectivity index (χ3n) is 4.49. The molecule has 26 heavy (non-hydrogen) atoms. The van der Waals surface area contributed by atoms with Gasteiger partial charge in [0.05, 0.1) is 18.0 Å². The van der Waals surface area contributed by atoms with Crippen molar-refractivity contribution in [3.63, 3.8) is 0 Å². The predicted molar refractivity (Wildman–Crippen MR) is 110 cm³/mol. The minimum atomic E-state index is 0.660. The highest BCUT2D eigenvalue weighted by molar-refractivity contribution is 7.99. The molecule has 0 atom stereocenters. The van der Waals surface area contributed by atoms with Crippen molar-refractivity contribution in [1.29, 1.82) is 0 Å². The maximum Gasteiger partial charge on any atom is 0.119 e. The Bertz CT molecular complexity index is 843. The van der Waals surface area contributed by atoms with Gasteiger partial charge in [-0.15, -0.1) is 0 Å². The van der Waals surface area contributed by atoms with Crippen molar-refractivity contribution in [3.05, 3.63) is 72.8 Å². The number of ether oxygens (including phenoxy) is 1. The molecular formula is C23H23NOS. The van der Waals surface area contributed by atoms with Crippen molar-refractivity contribution in [3.8, 4) is 5.75 Å². The van der Waals surface area contributed by atoms with Gasteiger partial charge in [-0.2, -0.15) is 0 Å². The van der Waals surface area contributed by atoms with Crippen molar-refractivity contribution in [1.82, 2.24) is 0 Å². The Balaban J connectivity index is 1.65. The van der Waals surface area contributed by atoms with Crippen LogP contribution >= 0.6 is 11.8 Å². The van der Waals surface area contributed by atoms with E-state index >= 15 is 0 Å². The van der Waals surface area contributed by atoms with Crippen molar-refractivity contribution in [2.24, 2.45) is 5.92 Å². The SMILES string of the molecule is CC(C)CCOc1ccc(N2c3ccccc3Sc3ccccc32)cc1. The van der Waals surface area contributed by atoms with Crippen LogP contribution in [0.3, 0.4) is 0 Å². The first kappa shape index (κ1) is 17.0. The van der Waals surface area contributed by atoms with Crippen LogP contribution in [0.15, 0.2) is 82.6 Å². The van der Waals surface area contributed by atoms with Crippen molar-refractivity contribution in [2.45, 2.75) is 30.1 Å². The first-order chi connectivity index (χ1) is 12.7. The zero-order valence-corrected chi connectivity index (χ0v) is 16.0. The average molecular weight is 362 g/mol. The number of fused-ring (bicyclic) bond motifs is 2. The Morgan fingerprint density at radius 1 is 0.808 bits per heavy atom. The van der Waals surface area contributed by atoms with Crippen LogP contribution in [0.1, 0.15) is 20.3 Å². The fourth-order valence-electron chi connectivity index (χ4n) is 3.09. The Morgan fingerprint density at radius 2 is 1.38 bits per heavy atom. The Labute approximate surface area is 159 Å². The molecule has 1 aliphatic heterocycles. The summed E-state index contributed by atoms with van der Waals surface area (Å²) in [5.74, 6) is 1.59. The van der Waals surface area contributed by atoms with E-state index in [2.05, 4.69) is 91.5 Å². The lowest BCUT2D eigenvalue weighted by atomic mass is 10.1. The molecule has 0 spiro atoms. The Morgan fingerprint density at radius 3 is 1.96 bits per heavy atom. The number of rotatable bonds is 5. The fourth-order valence-corrected chi connectivity index (χ4v) is 4.14. The van der Waals surface area contributed by atoms with Gasteiger partial charge in [-0.3, -0.25) is 0 Å². The van der Waals surface area contributed by atoms with Crippen LogP contribution in [0.25, 0.3) is 0 Å². The van der Waals surface area contributed by atoms with Crippen molar-refractivity contribution >= 4 is 28.8 Å². The number of anilines is 3. The summed E-state index contributed by atoms with van der Waals surface area (Å²) >= 11 is 1.83. The molecular weight excluding hydrogens is 338 g/mol. The largest absolute Gasteiger partial charge is 0.494 e. The van der Waals surface area contributed by atoms with Gasteiger partial charge in [-0.1, -0.05) is 49.9 Å². The van der Waals surface area contributed by atoms with Gasteiger partial charge in [-0.25, -0.2) is 0 Å². The van der Waals surface area contributed by atoms with E-state index in [9.17, 15) is 0 Å². The molecule has 0 aliphatic carbocycles. The molecule has 0 amide bonds. The molecule has 0 N–H and O–H groups in total. The molecule has 3 heteroatoms.